The van der Waals surface area contributed by atoms with Crippen LogP contribution in [-0.4, -0.2) is 42.1 Å². The molecule has 1 aliphatic heterocycles. The Morgan fingerprint density at radius 2 is 2.17 bits per heavy atom. The molecule has 3 rings (SSSR count). The lowest BCUT2D eigenvalue weighted by Crippen LogP contribution is -2.36. The summed E-state index contributed by atoms with van der Waals surface area (Å²) in [4.78, 5) is 6.79. The smallest absolute Gasteiger partial charge is 0.0303 e. The molecular formula is C15H23N3. The average molecular weight is 245 g/mol. The SMILES string of the molecule is c1cncc(C2CC2NCCN2CCCCC2)c1. The quantitative estimate of drug-likeness (QED) is 0.860. The first-order valence-electron chi connectivity index (χ1n) is 7.29. The number of piperidine rings is 1. The van der Waals surface area contributed by atoms with E-state index in [4.69, 9.17) is 0 Å². The molecule has 0 bridgehead atoms. The molecule has 0 amide bonds. The first kappa shape index (κ1) is 12.1. The highest BCUT2D eigenvalue weighted by Crippen LogP contribution is 2.40. The molecule has 2 heterocycles. The van der Waals surface area contributed by atoms with Gasteiger partial charge in [0.1, 0.15) is 0 Å². The van der Waals surface area contributed by atoms with Crippen molar-refractivity contribution in [2.24, 2.45) is 0 Å². The fourth-order valence-corrected chi connectivity index (χ4v) is 2.98. The Balaban J connectivity index is 1.36. The van der Waals surface area contributed by atoms with Gasteiger partial charge in [0, 0.05) is 37.4 Å². The zero-order chi connectivity index (χ0) is 12.2. The van der Waals surface area contributed by atoms with Crippen LogP contribution in [0.4, 0.5) is 0 Å². The van der Waals surface area contributed by atoms with Gasteiger partial charge in [0.15, 0.2) is 0 Å². The Bertz CT molecular complexity index is 359. The van der Waals surface area contributed by atoms with Gasteiger partial charge in [-0.2, -0.15) is 0 Å². The monoisotopic (exact) mass is 245 g/mol. The summed E-state index contributed by atoms with van der Waals surface area (Å²) >= 11 is 0. The van der Waals surface area contributed by atoms with E-state index in [0.717, 1.165) is 6.54 Å². The number of rotatable bonds is 5. The van der Waals surface area contributed by atoms with Crippen LogP contribution in [0.15, 0.2) is 24.5 Å². The molecule has 1 aromatic heterocycles. The Labute approximate surface area is 110 Å². The molecule has 18 heavy (non-hydrogen) atoms. The summed E-state index contributed by atoms with van der Waals surface area (Å²) < 4.78 is 0. The zero-order valence-corrected chi connectivity index (χ0v) is 11.0. The fraction of sp³-hybridized carbons (Fsp3) is 0.667. The Hall–Kier alpha value is -0.930. The van der Waals surface area contributed by atoms with Gasteiger partial charge in [-0.25, -0.2) is 0 Å². The topological polar surface area (TPSA) is 28.2 Å². The first-order chi connectivity index (χ1) is 8.93. The third-order valence-corrected chi connectivity index (χ3v) is 4.19. The molecule has 0 aromatic carbocycles. The summed E-state index contributed by atoms with van der Waals surface area (Å²) in [7, 11) is 0. The summed E-state index contributed by atoms with van der Waals surface area (Å²) in [6.07, 6.45) is 9.35. The predicted octanol–water partition coefficient (Wildman–Crippen LogP) is 2.01. The lowest BCUT2D eigenvalue weighted by molar-refractivity contribution is 0.229. The Morgan fingerprint density at radius 1 is 1.28 bits per heavy atom. The number of hydrogen-bond acceptors (Lipinski definition) is 3. The van der Waals surface area contributed by atoms with Crippen molar-refractivity contribution < 1.29 is 0 Å². The van der Waals surface area contributed by atoms with Crippen molar-refractivity contribution in [1.29, 1.82) is 0 Å². The van der Waals surface area contributed by atoms with Crippen LogP contribution < -0.4 is 5.32 Å². The van der Waals surface area contributed by atoms with Crippen molar-refractivity contribution in [3.8, 4) is 0 Å². The molecule has 98 valence electrons. The van der Waals surface area contributed by atoms with Crippen molar-refractivity contribution in [3.05, 3.63) is 30.1 Å². The van der Waals surface area contributed by atoms with Gasteiger partial charge < -0.3 is 10.2 Å². The van der Waals surface area contributed by atoms with E-state index in [1.807, 2.05) is 18.5 Å². The van der Waals surface area contributed by atoms with E-state index >= 15 is 0 Å². The third kappa shape index (κ3) is 3.09. The lowest BCUT2D eigenvalue weighted by atomic mass is 10.1. The highest BCUT2D eigenvalue weighted by Gasteiger charge is 2.37. The first-order valence-corrected chi connectivity index (χ1v) is 7.29. The largest absolute Gasteiger partial charge is 0.312 e. The third-order valence-electron chi connectivity index (χ3n) is 4.19. The van der Waals surface area contributed by atoms with Gasteiger partial charge in [0.05, 0.1) is 0 Å². The summed E-state index contributed by atoms with van der Waals surface area (Å²) in [5.41, 5.74) is 1.40. The van der Waals surface area contributed by atoms with Gasteiger partial charge in [-0.1, -0.05) is 12.5 Å². The molecule has 1 aliphatic carbocycles. The molecule has 3 nitrogen and oxygen atoms in total. The maximum Gasteiger partial charge on any atom is 0.0303 e. The second kappa shape index (κ2) is 5.81. The highest BCUT2D eigenvalue weighted by atomic mass is 15.1. The van der Waals surface area contributed by atoms with Crippen LogP contribution in [0.25, 0.3) is 0 Å². The molecule has 1 aromatic rings. The summed E-state index contributed by atoms with van der Waals surface area (Å²) in [5, 5.41) is 3.68. The minimum Gasteiger partial charge on any atom is -0.312 e. The second-order valence-corrected chi connectivity index (χ2v) is 5.59. The number of nitrogens with zero attached hydrogens (tertiary/aromatic N) is 2. The van der Waals surface area contributed by atoms with Crippen molar-refractivity contribution in [2.45, 2.75) is 37.6 Å². The second-order valence-electron chi connectivity index (χ2n) is 5.59. The van der Waals surface area contributed by atoms with Crippen LogP contribution in [0.2, 0.25) is 0 Å². The van der Waals surface area contributed by atoms with Gasteiger partial charge in [0.2, 0.25) is 0 Å². The van der Waals surface area contributed by atoms with Crippen molar-refractivity contribution in [1.82, 2.24) is 15.2 Å². The van der Waals surface area contributed by atoms with Gasteiger partial charge >= 0.3 is 0 Å². The molecule has 0 radical (unpaired) electrons. The van der Waals surface area contributed by atoms with E-state index in [-0.39, 0.29) is 0 Å². The molecule has 2 unspecified atom stereocenters. The summed E-state index contributed by atoms with van der Waals surface area (Å²) in [5.74, 6) is 0.708. The Kier molecular flexibility index (Phi) is 3.91. The zero-order valence-electron chi connectivity index (χ0n) is 11.0. The number of hydrogen-bond donors (Lipinski definition) is 1. The number of aromatic nitrogens is 1. The van der Waals surface area contributed by atoms with E-state index < -0.39 is 0 Å². The molecule has 2 atom stereocenters. The van der Waals surface area contributed by atoms with E-state index in [1.54, 1.807) is 0 Å². The predicted molar refractivity (Wildman–Crippen MR) is 73.7 cm³/mol. The minimum atomic E-state index is 0.694. The van der Waals surface area contributed by atoms with E-state index in [0.29, 0.717) is 12.0 Å². The molecule has 2 aliphatic rings. The molecular weight excluding hydrogens is 222 g/mol. The standard InChI is InChI=1S/C15H23N3/c1-2-8-18(9-3-1)10-7-17-15-11-14(15)13-5-4-6-16-12-13/h4-6,12,14-15,17H,1-3,7-11H2. The Morgan fingerprint density at radius 3 is 2.94 bits per heavy atom. The lowest BCUT2D eigenvalue weighted by Gasteiger charge is -2.26. The van der Waals surface area contributed by atoms with Crippen LogP contribution in [0.5, 0.6) is 0 Å². The van der Waals surface area contributed by atoms with Gasteiger partial charge in [-0.3, -0.25) is 4.98 Å². The van der Waals surface area contributed by atoms with Crippen molar-refractivity contribution in [3.63, 3.8) is 0 Å². The van der Waals surface area contributed by atoms with E-state index in [9.17, 15) is 0 Å². The van der Waals surface area contributed by atoms with Gasteiger partial charge in [0.25, 0.3) is 0 Å². The molecule has 2 fully saturated rings. The summed E-state index contributed by atoms with van der Waals surface area (Å²) in [6.45, 7) is 4.97. The maximum atomic E-state index is 4.20. The van der Waals surface area contributed by atoms with Gasteiger partial charge in [-0.05, 0) is 44.0 Å². The molecule has 1 N–H and O–H groups in total. The number of likely N-dealkylation sites (tertiary alicyclic amines) is 1. The summed E-state index contributed by atoms with van der Waals surface area (Å²) in [6, 6.07) is 4.93. The van der Waals surface area contributed by atoms with E-state index in [1.165, 1.54) is 50.9 Å². The van der Waals surface area contributed by atoms with Crippen LogP contribution in [0, 0.1) is 0 Å². The highest BCUT2D eigenvalue weighted by molar-refractivity contribution is 5.24. The normalized spacial score (nSPS) is 28.2. The van der Waals surface area contributed by atoms with Crippen LogP contribution in [0.1, 0.15) is 37.2 Å². The van der Waals surface area contributed by atoms with Crippen molar-refractivity contribution >= 4 is 0 Å². The maximum absolute atomic E-state index is 4.20. The fourth-order valence-electron chi connectivity index (χ4n) is 2.98. The van der Waals surface area contributed by atoms with Crippen LogP contribution in [0.3, 0.4) is 0 Å². The van der Waals surface area contributed by atoms with E-state index in [2.05, 4.69) is 21.3 Å². The number of nitrogens with one attached hydrogen (secondary N) is 1. The molecule has 0 spiro atoms. The molecule has 3 heteroatoms. The van der Waals surface area contributed by atoms with Crippen LogP contribution in [-0.2, 0) is 0 Å². The average Bonchev–Trinajstić information content (AvgIpc) is 3.21. The molecule has 1 saturated heterocycles. The van der Waals surface area contributed by atoms with Crippen molar-refractivity contribution in [2.75, 3.05) is 26.2 Å². The number of pyridine rings is 1. The minimum absolute atomic E-state index is 0.694. The van der Waals surface area contributed by atoms with Crippen LogP contribution >= 0.6 is 0 Å². The molecule has 1 saturated carbocycles. The van der Waals surface area contributed by atoms with Gasteiger partial charge in [-0.15, -0.1) is 0 Å².